The highest BCUT2D eigenvalue weighted by atomic mass is 16.7. The molecule has 2 heterocycles. The third-order valence-electron chi connectivity index (χ3n) is 2.79. The highest BCUT2D eigenvalue weighted by Gasteiger charge is 2.45. The average Bonchev–Trinajstić information content (AvgIpc) is 2.14. The summed E-state index contributed by atoms with van der Waals surface area (Å²) in [6.07, 6.45) is 1.91. The number of ether oxygens (including phenoxy) is 2. The van der Waals surface area contributed by atoms with Gasteiger partial charge >= 0.3 is 0 Å². The van der Waals surface area contributed by atoms with Gasteiger partial charge in [-0.15, -0.1) is 0 Å². The van der Waals surface area contributed by atoms with Crippen LogP contribution in [0.4, 0.5) is 0 Å². The number of aliphatic hydroxyl groups is 2. The van der Waals surface area contributed by atoms with Crippen molar-refractivity contribution in [2.24, 2.45) is 0 Å². The van der Waals surface area contributed by atoms with E-state index in [-0.39, 0.29) is 6.61 Å². The smallest absolute Gasteiger partial charge is 0.194 e. The van der Waals surface area contributed by atoms with E-state index in [1.165, 1.54) is 0 Å². The van der Waals surface area contributed by atoms with Gasteiger partial charge in [-0.25, -0.2) is 0 Å². The molecule has 0 saturated carbocycles. The first-order valence-electron chi connectivity index (χ1n) is 4.87. The highest BCUT2D eigenvalue weighted by Crippen LogP contribution is 2.34. The van der Waals surface area contributed by atoms with E-state index >= 15 is 0 Å². The van der Waals surface area contributed by atoms with Crippen LogP contribution in [0.25, 0.3) is 0 Å². The van der Waals surface area contributed by atoms with E-state index in [1.54, 1.807) is 0 Å². The summed E-state index contributed by atoms with van der Waals surface area (Å²) < 4.78 is 10.9. The van der Waals surface area contributed by atoms with Crippen LogP contribution in [0.1, 0.15) is 25.7 Å². The van der Waals surface area contributed by atoms with Gasteiger partial charge in [0.1, 0.15) is 6.10 Å². The Morgan fingerprint density at radius 1 is 1.15 bits per heavy atom. The molecule has 0 aromatic rings. The van der Waals surface area contributed by atoms with Gasteiger partial charge in [0.05, 0.1) is 19.3 Å². The molecule has 2 N–H and O–H groups in total. The number of rotatable bonds is 0. The Balaban J connectivity index is 2.03. The lowest BCUT2D eigenvalue weighted by Crippen LogP contribution is -2.55. The van der Waals surface area contributed by atoms with Gasteiger partial charge in [0.15, 0.2) is 5.79 Å². The van der Waals surface area contributed by atoms with Crippen LogP contribution < -0.4 is 0 Å². The molecule has 2 saturated heterocycles. The number of aliphatic hydroxyl groups excluding tert-OH is 2. The first kappa shape index (κ1) is 9.40. The van der Waals surface area contributed by atoms with Crippen molar-refractivity contribution in [1.82, 2.24) is 0 Å². The highest BCUT2D eigenvalue weighted by molar-refractivity contribution is 4.87. The summed E-state index contributed by atoms with van der Waals surface area (Å²) in [6.45, 7) is 0.921. The molecule has 0 aromatic carbocycles. The van der Waals surface area contributed by atoms with E-state index in [0.717, 1.165) is 19.3 Å². The summed E-state index contributed by atoms with van der Waals surface area (Å²) in [7, 11) is 0. The average molecular weight is 188 g/mol. The molecule has 0 unspecified atom stereocenters. The normalized spacial score (nSPS) is 46.6. The van der Waals surface area contributed by atoms with Crippen molar-refractivity contribution in [3.8, 4) is 0 Å². The van der Waals surface area contributed by atoms with Crippen molar-refractivity contribution in [2.75, 3.05) is 13.2 Å². The van der Waals surface area contributed by atoms with Crippen LogP contribution in [-0.4, -0.2) is 41.4 Å². The van der Waals surface area contributed by atoms with Crippen LogP contribution in [0, 0.1) is 0 Å². The molecule has 2 aliphatic rings. The number of hydrogen-bond donors (Lipinski definition) is 2. The Kier molecular flexibility index (Phi) is 2.55. The third kappa shape index (κ3) is 1.72. The molecule has 2 fully saturated rings. The van der Waals surface area contributed by atoms with Gasteiger partial charge in [-0.1, -0.05) is 0 Å². The Morgan fingerprint density at radius 2 is 2.00 bits per heavy atom. The van der Waals surface area contributed by atoms with E-state index in [2.05, 4.69) is 0 Å². The quantitative estimate of drug-likeness (QED) is 0.563. The first-order valence-corrected chi connectivity index (χ1v) is 4.87. The molecule has 4 nitrogen and oxygen atoms in total. The zero-order valence-electron chi connectivity index (χ0n) is 7.61. The minimum Gasteiger partial charge on any atom is -0.391 e. The molecule has 3 atom stereocenters. The lowest BCUT2D eigenvalue weighted by atomic mass is 9.93. The van der Waals surface area contributed by atoms with E-state index in [9.17, 15) is 10.2 Å². The lowest BCUT2D eigenvalue weighted by molar-refractivity contribution is -0.327. The van der Waals surface area contributed by atoms with Crippen LogP contribution in [0.5, 0.6) is 0 Å². The zero-order chi connectivity index (χ0) is 9.31. The fourth-order valence-corrected chi connectivity index (χ4v) is 2.01. The maximum Gasteiger partial charge on any atom is 0.194 e. The monoisotopic (exact) mass is 188 g/mol. The van der Waals surface area contributed by atoms with E-state index in [4.69, 9.17) is 9.47 Å². The van der Waals surface area contributed by atoms with Crippen molar-refractivity contribution in [3.63, 3.8) is 0 Å². The van der Waals surface area contributed by atoms with Crippen LogP contribution in [-0.2, 0) is 9.47 Å². The topological polar surface area (TPSA) is 58.9 Å². The van der Waals surface area contributed by atoms with Gasteiger partial charge in [0.2, 0.25) is 0 Å². The minimum atomic E-state index is -0.808. The van der Waals surface area contributed by atoms with Gasteiger partial charge in [-0.2, -0.15) is 0 Å². The van der Waals surface area contributed by atoms with E-state index in [0.29, 0.717) is 13.0 Å². The molecule has 0 radical (unpaired) electrons. The summed E-state index contributed by atoms with van der Waals surface area (Å²) in [5.41, 5.74) is 0. The molecule has 1 spiro atoms. The van der Waals surface area contributed by atoms with Gasteiger partial charge in [0, 0.05) is 12.8 Å². The lowest BCUT2D eigenvalue weighted by Gasteiger charge is -2.44. The van der Waals surface area contributed by atoms with Crippen molar-refractivity contribution < 1.29 is 19.7 Å². The Morgan fingerprint density at radius 3 is 2.62 bits per heavy atom. The zero-order valence-corrected chi connectivity index (χ0v) is 7.61. The second-order valence-electron chi connectivity index (χ2n) is 3.83. The molecule has 4 heteroatoms. The Hall–Kier alpha value is -0.160. The number of hydrogen-bond acceptors (Lipinski definition) is 4. The summed E-state index contributed by atoms with van der Waals surface area (Å²) in [6, 6.07) is 0. The van der Waals surface area contributed by atoms with Gasteiger partial charge < -0.3 is 19.7 Å². The molecule has 0 amide bonds. The largest absolute Gasteiger partial charge is 0.391 e. The van der Waals surface area contributed by atoms with E-state index < -0.39 is 18.0 Å². The molecule has 0 aromatic heterocycles. The second-order valence-corrected chi connectivity index (χ2v) is 3.83. The molecule has 2 rings (SSSR count). The molecular formula is C9H16O4. The van der Waals surface area contributed by atoms with Crippen LogP contribution >= 0.6 is 0 Å². The summed E-state index contributed by atoms with van der Waals surface area (Å²) in [5, 5.41) is 19.0. The minimum absolute atomic E-state index is 0.275. The standard InChI is InChI=1S/C9H16O4/c10-7-5-8(11)9(13-6-7)3-1-2-4-12-9/h7-8,10-11H,1-6H2/t7-,8+,9-/m0/s1. The maximum atomic E-state index is 9.74. The Labute approximate surface area is 77.5 Å². The molecule has 0 aliphatic carbocycles. The molecule has 76 valence electrons. The predicted molar refractivity (Wildman–Crippen MR) is 45.1 cm³/mol. The van der Waals surface area contributed by atoms with Gasteiger partial charge in [0.25, 0.3) is 0 Å². The molecule has 0 bridgehead atoms. The van der Waals surface area contributed by atoms with Crippen LogP contribution in [0.2, 0.25) is 0 Å². The van der Waals surface area contributed by atoms with Crippen molar-refractivity contribution in [1.29, 1.82) is 0 Å². The predicted octanol–water partition coefficient (Wildman–Crippen LogP) is 0.0253. The van der Waals surface area contributed by atoms with Gasteiger partial charge in [-0.05, 0) is 12.8 Å². The molecule has 2 aliphatic heterocycles. The second kappa shape index (κ2) is 3.53. The Bertz CT molecular complexity index is 176. The maximum absolute atomic E-state index is 9.74. The van der Waals surface area contributed by atoms with Gasteiger partial charge in [-0.3, -0.25) is 0 Å². The summed E-state index contributed by atoms with van der Waals surface area (Å²) in [5.74, 6) is -0.808. The summed E-state index contributed by atoms with van der Waals surface area (Å²) in [4.78, 5) is 0. The summed E-state index contributed by atoms with van der Waals surface area (Å²) >= 11 is 0. The van der Waals surface area contributed by atoms with E-state index in [1.807, 2.05) is 0 Å². The first-order chi connectivity index (χ1) is 6.23. The third-order valence-corrected chi connectivity index (χ3v) is 2.79. The van der Waals surface area contributed by atoms with Crippen LogP contribution in [0.15, 0.2) is 0 Å². The fourth-order valence-electron chi connectivity index (χ4n) is 2.01. The molecule has 13 heavy (non-hydrogen) atoms. The van der Waals surface area contributed by atoms with Crippen molar-refractivity contribution in [2.45, 2.75) is 43.7 Å². The molecular weight excluding hydrogens is 172 g/mol. The SMILES string of the molecule is O[C@@H]1CO[C@@]2(CCCCO2)[C@H](O)C1. The van der Waals surface area contributed by atoms with Crippen molar-refractivity contribution >= 4 is 0 Å². The van der Waals surface area contributed by atoms with Crippen molar-refractivity contribution in [3.05, 3.63) is 0 Å². The van der Waals surface area contributed by atoms with Crippen LogP contribution in [0.3, 0.4) is 0 Å². The fraction of sp³-hybridized carbons (Fsp3) is 1.00.